The molecule has 0 aliphatic carbocycles. The van der Waals surface area contributed by atoms with E-state index >= 15 is 0 Å². The SMILES string of the molecule is Cc1nc(CSc2ccccc2C(=O)NCCCOCC2CCCO2)cs1. The smallest absolute Gasteiger partial charge is 0.252 e. The van der Waals surface area contributed by atoms with E-state index in [-0.39, 0.29) is 12.0 Å². The molecule has 1 amide bonds. The minimum absolute atomic E-state index is 0.0355. The van der Waals surface area contributed by atoms with Gasteiger partial charge in [-0.15, -0.1) is 23.1 Å². The number of aryl methyl sites for hydroxylation is 1. The van der Waals surface area contributed by atoms with E-state index in [1.54, 1.807) is 23.1 Å². The van der Waals surface area contributed by atoms with Gasteiger partial charge in [0.05, 0.1) is 29.0 Å². The van der Waals surface area contributed by atoms with Crippen molar-refractivity contribution in [1.82, 2.24) is 10.3 Å². The number of rotatable bonds is 10. The number of hydrogen-bond donors (Lipinski definition) is 1. The number of amides is 1. The number of benzene rings is 1. The van der Waals surface area contributed by atoms with Gasteiger partial charge in [-0.05, 0) is 38.3 Å². The molecule has 0 radical (unpaired) electrons. The fraction of sp³-hybridized carbons (Fsp3) is 0.500. The molecule has 1 unspecified atom stereocenters. The van der Waals surface area contributed by atoms with Gasteiger partial charge < -0.3 is 14.8 Å². The summed E-state index contributed by atoms with van der Waals surface area (Å²) in [6.45, 7) is 4.76. The van der Waals surface area contributed by atoms with Crippen LogP contribution in [0.25, 0.3) is 0 Å². The number of thiazole rings is 1. The van der Waals surface area contributed by atoms with Crippen molar-refractivity contribution in [1.29, 1.82) is 0 Å². The minimum Gasteiger partial charge on any atom is -0.379 e. The van der Waals surface area contributed by atoms with E-state index in [4.69, 9.17) is 9.47 Å². The first kappa shape index (κ1) is 20.3. The number of nitrogens with one attached hydrogen (secondary N) is 1. The summed E-state index contributed by atoms with van der Waals surface area (Å²) in [6.07, 6.45) is 3.27. The molecule has 5 nitrogen and oxygen atoms in total. The Morgan fingerprint density at radius 2 is 2.33 bits per heavy atom. The maximum atomic E-state index is 12.5. The van der Waals surface area contributed by atoms with Crippen molar-refractivity contribution in [3.63, 3.8) is 0 Å². The lowest BCUT2D eigenvalue weighted by molar-refractivity contribution is 0.0166. The lowest BCUT2D eigenvalue weighted by Crippen LogP contribution is -2.26. The lowest BCUT2D eigenvalue weighted by atomic mass is 10.2. The fourth-order valence-corrected chi connectivity index (χ4v) is 4.53. The number of nitrogens with zero attached hydrogens (tertiary/aromatic N) is 1. The van der Waals surface area contributed by atoms with Gasteiger partial charge in [0, 0.05) is 35.8 Å². The molecule has 1 aromatic heterocycles. The van der Waals surface area contributed by atoms with Gasteiger partial charge in [0.1, 0.15) is 0 Å². The lowest BCUT2D eigenvalue weighted by Gasteiger charge is -2.11. The number of hydrogen-bond acceptors (Lipinski definition) is 6. The van der Waals surface area contributed by atoms with Crippen LogP contribution in [0.1, 0.15) is 40.3 Å². The largest absolute Gasteiger partial charge is 0.379 e. The van der Waals surface area contributed by atoms with Gasteiger partial charge in [-0.25, -0.2) is 4.98 Å². The zero-order chi connectivity index (χ0) is 18.9. The number of aromatic nitrogens is 1. The second-order valence-corrected chi connectivity index (χ2v) is 8.54. The van der Waals surface area contributed by atoms with E-state index in [0.717, 1.165) is 52.8 Å². The Hall–Kier alpha value is -1.41. The summed E-state index contributed by atoms with van der Waals surface area (Å²) in [7, 11) is 0. The maximum absolute atomic E-state index is 12.5. The molecule has 1 aliphatic rings. The van der Waals surface area contributed by atoms with Crippen molar-refractivity contribution in [2.75, 3.05) is 26.4 Å². The summed E-state index contributed by atoms with van der Waals surface area (Å²) in [4.78, 5) is 18.0. The van der Waals surface area contributed by atoms with Crippen molar-refractivity contribution in [3.05, 3.63) is 45.9 Å². The Morgan fingerprint density at radius 3 is 3.11 bits per heavy atom. The van der Waals surface area contributed by atoms with Gasteiger partial charge in [0.25, 0.3) is 5.91 Å². The highest BCUT2D eigenvalue weighted by Gasteiger charge is 2.15. The van der Waals surface area contributed by atoms with Gasteiger partial charge in [-0.1, -0.05) is 12.1 Å². The van der Waals surface area contributed by atoms with Gasteiger partial charge in [-0.2, -0.15) is 0 Å². The van der Waals surface area contributed by atoms with Crippen molar-refractivity contribution in [2.45, 2.75) is 42.9 Å². The van der Waals surface area contributed by atoms with Crippen LogP contribution in [0.5, 0.6) is 0 Å². The molecule has 0 saturated carbocycles. The second-order valence-electron chi connectivity index (χ2n) is 6.46. The number of ether oxygens (including phenoxy) is 2. The van der Waals surface area contributed by atoms with Crippen LogP contribution >= 0.6 is 23.1 Å². The van der Waals surface area contributed by atoms with Crippen molar-refractivity contribution in [3.8, 4) is 0 Å². The van der Waals surface area contributed by atoms with Crippen LogP contribution in [0.15, 0.2) is 34.5 Å². The molecule has 3 rings (SSSR count). The molecule has 7 heteroatoms. The Kier molecular flexibility index (Phi) is 8.13. The Balaban J connectivity index is 1.39. The summed E-state index contributed by atoms with van der Waals surface area (Å²) in [5.41, 5.74) is 1.77. The molecule has 1 saturated heterocycles. The molecule has 2 aromatic rings. The molecular formula is C20H26N2O3S2. The van der Waals surface area contributed by atoms with Crippen LogP contribution in [0.3, 0.4) is 0 Å². The van der Waals surface area contributed by atoms with E-state index in [1.165, 1.54) is 0 Å². The predicted octanol–water partition coefficient (Wildman–Crippen LogP) is 4.06. The summed E-state index contributed by atoms with van der Waals surface area (Å²) in [5, 5.41) is 6.13. The fourth-order valence-electron chi connectivity index (χ4n) is 2.87. The Bertz CT molecular complexity index is 730. The summed E-state index contributed by atoms with van der Waals surface area (Å²) in [6, 6.07) is 7.72. The molecule has 0 bridgehead atoms. The van der Waals surface area contributed by atoms with E-state index < -0.39 is 0 Å². The van der Waals surface area contributed by atoms with E-state index in [2.05, 4.69) is 15.7 Å². The van der Waals surface area contributed by atoms with Crippen LogP contribution < -0.4 is 5.32 Å². The summed E-state index contributed by atoms with van der Waals surface area (Å²) < 4.78 is 11.2. The zero-order valence-electron chi connectivity index (χ0n) is 15.6. The molecule has 146 valence electrons. The van der Waals surface area contributed by atoms with Gasteiger partial charge in [0.2, 0.25) is 0 Å². The van der Waals surface area contributed by atoms with Crippen LogP contribution in [0.4, 0.5) is 0 Å². The van der Waals surface area contributed by atoms with Crippen molar-refractivity contribution >= 4 is 29.0 Å². The highest BCUT2D eigenvalue weighted by atomic mass is 32.2. The number of carbonyl (C=O) groups is 1. The second kappa shape index (κ2) is 10.8. The molecule has 2 heterocycles. The van der Waals surface area contributed by atoms with E-state index in [9.17, 15) is 4.79 Å². The molecule has 1 atom stereocenters. The average Bonchev–Trinajstić information content (AvgIpc) is 3.34. The molecule has 0 spiro atoms. The third-order valence-electron chi connectivity index (χ3n) is 4.25. The van der Waals surface area contributed by atoms with Crippen molar-refractivity contribution in [2.24, 2.45) is 0 Å². The normalized spacial score (nSPS) is 16.6. The molecule has 1 aromatic carbocycles. The monoisotopic (exact) mass is 406 g/mol. The van der Waals surface area contributed by atoms with Crippen LogP contribution in [0, 0.1) is 6.92 Å². The van der Waals surface area contributed by atoms with E-state index in [1.807, 2.05) is 31.2 Å². The maximum Gasteiger partial charge on any atom is 0.252 e. The van der Waals surface area contributed by atoms with Gasteiger partial charge in [-0.3, -0.25) is 4.79 Å². The number of carbonyl (C=O) groups excluding carboxylic acids is 1. The third-order valence-corrected chi connectivity index (χ3v) is 6.18. The quantitative estimate of drug-likeness (QED) is 0.476. The highest BCUT2D eigenvalue weighted by molar-refractivity contribution is 7.98. The van der Waals surface area contributed by atoms with E-state index in [0.29, 0.717) is 19.8 Å². The minimum atomic E-state index is -0.0355. The Morgan fingerprint density at radius 1 is 1.44 bits per heavy atom. The van der Waals surface area contributed by atoms with Crippen LogP contribution in [-0.4, -0.2) is 43.4 Å². The molecule has 27 heavy (non-hydrogen) atoms. The number of thioether (sulfide) groups is 1. The first-order valence-electron chi connectivity index (χ1n) is 9.33. The molecule has 1 fully saturated rings. The average molecular weight is 407 g/mol. The Labute approximate surface area is 168 Å². The summed E-state index contributed by atoms with van der Waals surface area (Å²) >= 11 is 3.30. The predicted molar refractivity (Wildman–Crippen MR) is 110 cm³/mol. The first-order chi connectivity index (χ1) is 13.2. The van der Waals surface area contributed by atoms with Gasteiger partial charge >= 0.3 is 0 Å². The van der Waals surface area contributed by atoms with Crippen LogP contribution in [0.2, 0.25) is 0 Å². The van der Waals surface area contributed by atoms with Gasteiger partial charge in [0.15, 0.2) is 0 Å². The standard InChI is InChI=1S/C20H26N2O3S2/c1-15-22-16(13-26-15)14-27-19-8-3-2-7-18(19)20(23)21-9-5-10-24-12-17-6-4-11-25-17/h2-3,7-8,13,17H,4-6,9-12,14H2,1H3,(H,21,23). The highest BCUT2D eigenvalue weighted by Crippen LogP contribution is 2.26. The zero-order valence-corrected chi connectivity index (χ0v) is 17.2. The third kappa shape index (κ3) is 6.60. The van der Waals surface area contributed by atoms with Crippen LogP contribution in [-0.2, 0) is 15.2 Å². The first-order valence-corrected chi connectivity index (χ1v) is 11.2. The topological polar surface area (TPSA) is 60.5 Å². The molecule has 1 aliphatic heterocycles. The van der Waals surface area contributed by atoms with Crippen molar-refractivity contribution < 1.29 is 14.3 Å². The summed E-state index contributed by atoms with van der Waals surface area (Å²) in [5.74, 6) is 0.734. The molecular weight excluding hydrogens is 380 g/mol. The molecule has 1 N–H and O–H groups in total.